The maximum Gasteiger partial charge on any atom is 0.302 e. The van der Waals surface area contributed by atoms with E-state index in [4.69, 9.17) is 9.47 Å². The predicted molar refractivity (Wildman–Crippen MR) is 143 cm³/mol. The summed E-state index contributed by atoms with van der Waals surface area (Å²) in [5.74, 6) is 2.46. The van der Waals surface area contributed by atoms with Gasteiger partial charge in [0.2, 0.25) is 0 Å². The second-order valence-corrected chi connectivity index (χ2v) is 15.8. The summed E-state index contributed by atoms with van der Waals surface area (Å²) in [7, 11) is 0. The molecule has 1 N–H and O–H groups in total. The van der Waals surface area contributed by atoms with Crippen LogP contribution >= 0.6 is 0 Å². The highest BCUT2D eigenvalue weighted by atomic mass is 16.5. The fraction of sp³-hybridized carbons (Fsp3) is 0.969. The van der Waals surface area contributed by atoms with E-state index in [-0.39, 0.29) is 29.2 Å². The Labute approximate surface area is 220 Å². The van der Waals surface area contributed by atoms with Gasteiger partial charge < -0.3 is 14.6 Å². The van der Waals surface area contributed by atoms with Gasteiger partial charge in [0.1, 0.15) is 6.10 Å². The van der Waals surface area contributed by atoms with Crippen LogP contribution in [0.1, 0.15) is 127 Å². The van der Waals surface area contributed by atoms with E-state index in [2.05, 4.69) is 55.4 Å². The van der Waals surface area contributed by atoms with Crippen LogP contribution in [-0.4, -0.2) is 34.5 Å². The van der Waals surface area contributed by atoms with Crippen LogP contribution in [0.3, 0.4) is 0 Å². The van der Waals surface area contributed by atoms with Crippen molar-refractivity contribution in [2.75, 3.05) is 0 Å². The molecule has 1 heterocycles. The van der Waals surface area contributed by atoms with Crippen LogP contribution in [0.4, 0.5) is 0 Å². The normalized spacial score (nSPS) is 53.6. The minimum Gasteiger partial charge on any atom is -0.462 e. The first-order valence-electron chi connectivity index (χ1n) is 15.1. The number of hydrogen-bond acceptors (Lipinski definition) is 4. The van der Waals surface area contributed by atoms with E-state index in [0.29, 0.717) is 34.0 Å². The van der Waals surface area contributed by atoms with Crippen molar-refractivity contribution in [1.29, 1.82) is 0 Å². The lowest BCUT2D eigenvalue weighted by Gasteiger charge is -2.70. The number of hydrogen-bond donors (Lipinski definition) is 1. The zero-order valence-electron chi connectivity index (χ0n) is 24.7. The Balaban J connectivity index is 1.43. The third kappa shape index (κ3) is 3.55. The van der Waals surface area contributed by atoms with Gasteiger partial charge in [-0.15, -0.1) is 0 Å². The Morgan fingerprint density at radius 3 is 2.06 bits per heavy atom. The first kappa shape index (κ1) is 27.0. The van der Waals surface area contributed by atoms with Crippen LogP contribution in [0.5, 0.6) is 0 Å². The van der Waals surface area contributed by atoms with Gasteiger partial charge in [-0.25, -0.2) is 0 Å². The first-order chi connectivity index (χ1) is 16.5. The van der Waals surface area contributed by atoms with Crippen LogP contribution in [0, 0.1) is 45.3 Å². The number of esters is 1. The minimum absolute atomic E-state index is 0.0196. The predicted octanol–water partition coefficient (Wildman–Crippen LogP) is 7.31. The number of ether oxygens (including phenoxy) is 2. The smallest absolute Gasteiger partial charge is 0.302 e. The van der Waals surface area contributed by atoms with E-state index in [1.807, 2.05) is 0 Å². The van der Waals surface area contributed by atoms with Crippen molar-refractivity contribution in [1.82, 2.24) is 0 Å². The molecule has 0 amide bonds. The minimum atomic E-state index is -0.467. The standard InChI is InChI=1S/C32H54O4/c1-20(33)35-26-15-16-29(6)23(27(26,2)3)13-18-31(8)24(29)11-10-21-22(12-17-30(21,31)7)32(9)19-14-25(34)28(4,5)36-32/h21-26,34H,10-19H2,1-9H3/t21-,22+,23-,24-,25-,26+,29+,30-,31-,32+/m1/s1. The van der Waals surface area contributed by atoms with Crippen molar-refractivity contribution in [2.45, 2.75) is 150 Å². The molecule has 0 aromatic carbocycles. The Morgan fingerprint density at radius 1 is 0.750 bits per heavy atom. The van der Waals surface area contributed by atoms with Gasteiger partial charge in [0.25, 0.3) is 0 Å². The highest BCUT2D eigenvalue weighted by molar-refractivity contribution is 5.66. The van der Waals surface area contributed by atoms with Gasteiger partial charge in [-0.05, 0) is 125 Å². The molecule has 0 aromatic heterocycles. The number of carbonyl (C=O) groups excluding carboxylic acids is 1. The largest absolute Gasteiger partial charge is 0.462 e. The van der Waals surface area contributed by atoms with Crippen LogP contribution in [0.2, 0.25) is 0 Å². The van der Waals surface area contributed by atoms with Crippen LogP contribution < -0.4 is 0 Å². The molecule has 4 aliphatic carbocycles. The van der Waals surface area contributed by atoms with E-state index in [1.165, 1.54) is 44.9 Å². The van der Waals surface area contributed by atoms with E-state index < -0.39 is 5.60 Å². The number of rotatable bonds is 2. The summed E-state index contributed by atoms with van der Waals surface area (Å²) in [6.45, 7) is 20.8. The first-order valence-corrected chi connectivity index (χ1v) is 15.1. The summed E-state index contributed by atoms with van der Waals surface area (Å²) >= 11 is 0. The third-order valence-electron chi connectivity index (χ3n) is 13.6. The molecule has 36 heavy (non-hydrogen) atoms. The van der Waals surface area contributed by atoms with Crippen molar-refractivity contribution in [3.8, 4) is 0 Å². The van der Waals surface area contributed by atoms with Crippen LogP contribution in [-0.2, 0) is 14.3 Å². The molecule has 1 aliphatic heterocycles. The van der Waals surface area contributed by atoms with Gasteiger partial charge in [0.05, 0.1) is 17.3 Å². The molecule has 0 aromatic rings. The molecule has 0 bridgehead atoms. The van der Waals surface area contributed by atoms with Crippen molar-refractivity contribution in [3.05, 3.63) is 0 Å². The molecule has 0 spiro atoms. The molecule has 0 radical (unpaired) electrons. The van der Waals surface area contributed by atoms with Gasteiger partial charge in [0.15, 0.2) is 0 Å². The average molecular weight is 503 g/mol. The second-order valence-electron chi connectivity index (χ2n) is 15.8. The Morgan fingerprint density at radius 2 is 1.42 bits per heavy atom. The Hall–Kier alpha value is -0.610. The number of aliphatic hydroxyl groups is 1. The van der Waals surface area contributed by atoms with Crippen LogP contribution in [0.15, 0.2) is 0 Å². The van der Waals surface area contributed by atoms with Gasteiger partial charge in [-0.3, -0.25) is 4.79 Å². The zero-order valence-corrected chi connectivity index (χ0v) is 24.7. The van der Waals surface area contributed by atoms with Gasteiger partial charge in [-0.1, -0.05) is 34.6 Å². The molecule has 5 aliphatic rings. The molecule has 4 heteroatoms. The van der Waals surface area contributed by atoms with E-state index >= 15 is 0 Å². The molecule has 206 valence electrons. The lowest BCUT2D eigenvalue weighted by molar-refractivity contribution is -0.254. The molecular formula is C32H54O4. The fourth-order valence-corrected chi connectivity index (χ4v) is 11.6. The summed E-state index contributed by atoms with van der Waals surface area (Å²) < 4.78 is 12.7. The number of aliphatic hydroxyl groups excluding tert-OH is 1. The highest BCUT2D eigenvalue weighted by Gasteiger charge is 2.70. The lowest BCUT2D eigenvalue weighted by atomic mass is 9.35. The second kappa shape index (κ2) is 8.20. The fourth-order valence-electron chi connectivity index (χ4n) is 11.6. The average Bonchev–Trinajstić information content (AvgIpc) is 3.12. The summed E-state index contributed by atoms with van der Waals surface area (Å²) in [6.07, 6.45) is 11.4. The summed E-state index contributed by atoms with van der Waals surface area (Å²) in [5, 5.41) is 10.6. The SMILES string of the molecule is CC(=O)O[C@H]1CC[C@@]2(C)[C@H](CC[C@]3(C)[C@@H]2CC[C@@H]2[C@@H]([C@]4(C)CC[C@@H](O)C(C)(C)O4)CC[C@]23C)C1(C)C. The molecule has 5 rings (SSSR count). The van der Waals surface area contributed by atoms with Crippen molar-refractivity contribution in [2.24, 2.45) is 45.3 Å². The Kier molecular flexibility index (Phi) is 6.14. The van der Waals surface area contributed by atoms with Gasteiger partial charge >= 0.3 is 5.97 Å². The maximum absolute atomic E-state index is 11.9. The summed E-state index contributed by atoms with van der Waals surface area (Å²) in [4.78, 5) is 11.9. The third-order valence-corrected chi connectivity index (χ3v) is 13.6. The van der Waals surface area contributed by atoms with E-state index in [1.54, 1.807) is 6.92 Å². The summed E-state index contributed by atoms with van der Waals surface area (Å²) in [6, 6.07) is 0. The van der Waals surface area contributed by atoms with Gasteiger partial charge in [0, 0.05) is 12.3 Å². The molecule has 5 fully saturated rings. The highest BCUT2D eigenvalue weighted by Crippen LogP contribution is 2.76. The van der Waals surface area contributed by atoms with Crippen molar-refractivity contribution >= 4 is 5.97 Å². The Bertz CT molecular complexity index is 895. The molecular weight excluding hydrogens is 448 g/mol. The number of fused-ring (bicyclic) bond motifs is 5. The monoisotopic (exact) mass is 502 g/mol. The molecule has 1 saturated heterocycles. The van der Waals surface area contributed by atoms with E-state index in [0.717, 1.165) is 25.2 Å². The molecule has 4 saturated carbocycles. The lowest BCUT2D eigenvalue weighted by Crippen LogP contribution is -2.64. The molecule has 10 atom stereocenters. The number of carbonyl (C=O) groups is 1. The van der Waals surface area contributed by atoms with Crippen molar-refractivity contribution in [3.63, 3.8) is 0 Å². The quantitative estimate of drug-likeness (QED) is 0.402. The summed E-state index contributed by atoms with van der Waals surface area (Å²) in [5.41, 5.74) is 0.380. The van der Waals surface area contributed by atoms with Crippen molar-refractivity contribution < 1.29 is 19.4 Å². The topological polar surface area (TPSA) is 55.8 Å². The molecule has 4 nitrogen and oxygen atoms in total. The van der Waals surface area contributed by atoms with E-state index in [9.17, 15) is 9.90 Å². The molecule has 0 unspecified atom stereocenters. The zero-order chi connectivity index (χ0) is 26.5. The van der Waals surface area contributed by atoms with Gasteiger partial charge in [-0.2, -0.15) is 0 Å². The maximum atomic E-state index is 11.9. The van der Waals surface area contributed by atoms with Crippen LogP contribution in [0.25, 0.3) is 0 Å².